The number of likely N-dealkylation sites (tertiary alicyclic amines) is 1. The minimum atomic E-state index is 0.0867. The molecule has 0 saturated carbocycles. The Morgan fingerprint density at radius 1 is 1.15 bits per heavy atom. The third-order valence-electron chi connectivity index (χ3n) is 4.39. The summed E-state index contributed by atoms with van der Waals surface area (Å²) in [6.45, 7) is 1.71. The van der Waals surface area contributed by atoms with Gasteiger partial charge in [-0.1, -0.05) is 23.7 Å². The lowest BCUT2D eigenvalue weighted by Crippen LogP contribution is -2.27. The van der Waals surface area contributed by atoms with Gasteiger partial charge in [0.05, 0.1) is 16.3 Å². The van der Waals surface area contributed by atoms with E-state index in [1.165, 1.54) is 0 Å². The van der Waals surface area contributed by atoms with E-state index in [-0.39, 0.29) is 5.91 Å². The van der Waals surface area contributed by atoms with E-state index < -0.39 is 0 Å². The molecule has 2 aromatic heterocycles. The van der Waals surface area contributed by atoms with Crippen LogP contribution in [0.4, 0.5) is 0 Å². The average Bonchev–Trinajstić information content (AvgIpc) is 3.39. The summed E-state index contributed by atoms with van der Waals surface area (Å²) < 4.78 is 0. The normalized spacial score (nSPS) is 13.9. The van der Waals surface area contributed by atoms with E-state index in [9.17, 15) is 4.79 Å². The molecule has 0 unspecified atom stereocenters. The van der Waals surface area contributed by atoms with Crippen LogP contribution in [0.5, 0.6) is 0 Å². The number of pyridine rings is 1. The first-order chi connectivity index (χ1) is 13.2. The standard InChI is InChI=1S/C20H18ClN3OS2/c21-16-6-3-14(4-7-16)19-23-17(13-27-19)12-26-18-8-5-15(11-22-18)20(25)24-9-1-2-10-24/h3-8,11,13H,1-2,9-10,12H2. The van der Waals surface area contributed by atoms with Crippen LogP contribution in [-0.4, -0.2) is 33.9 Å². The lowest BCUT2D eigenvalue weighted by atomic mass is 10.2. The van der Waals surface area contributed by atoms with Crippen LogP contribution < -0.4 is 0 Å². The van der Waals surface area contributed by atoms with Gasteiger partial charge in [-0.05, 0) is 37.1 Å². The van der Waals surface area contributed by atoms with Gasteiger partial charge >= 0.3 is 0 Å². The van der Waals surface area contributed by atoms with Crippen molar-refractivity contribution in [3.8, 4) is 10.6 Å². The Balaban J connectivity index is 1.36. The highest BCUT2D eigenvalue weighted by molar-refractivity contribution is 7.98. The number of thioether (sulfide) groups is 1. The first-order valence-corrected chi connectivity index (χ1v) is 11.0. The molecule has 27 heavy (non-hydrogen) atoms. The molecule has 0 aliphatic carbocycles. The number of nitrogens with zero attached hydrogens (tertiary/aromatic N) is 3. The zero-order valence-corrected chi connectivity index (χ0v) is 17.0. The van der Waals surface area contributed by atoms with Crippen molar-refractivity contribution in [2.75, 3.05) is 13.1 Å². The van der Waals surface area contributed by atoms with Crippen molar-refractivity contribution in [1.82, 2.24) is 14.9 Å². The number of hydrogen-bond donors (Lipinski definition) is 0. The van der Waals surface area contributed by atoms with Crippen molar-refractivity contribution < 1.29 is 4.79 Å². The minimum absolute atomic E-state index is 0.0867. The highest BCUT2D eigenvalue weighted by atomic mass is 35.5. The Bertz CT molecular complexity index is 919. The number of carbonyl (C=O) groups excluding carboxylic acids is 1. The van der Waals surface area contributed by atoms with Gasteiger partial charge in [0.15, 0.2) is 0 Å². The Morgan fingerprint density at radius 3 is 2.63 bits per heavy atom. The van der Waals surface area contributed by atoms with E-state index in [1.54, 1.807) is 29.3 Å². The molecule has 1 fully saturated rings. The molecule has 7 heteroatoms. The highest BCUT2D eigenvalue weighted by Crippen LogP contribution is 2.28. The Hall–Kier alpha value is -1.89. The average molecular weight is 416 g/mol. The van der Waals surface area contributed by atoms with Gasteiger partial charge < -0.3 is 4.90 Å². The van der Waals surface area contributed by atoms with Gasteiger partial charge in [0.1, 0.15) is 5.01 Å². The third kappa shape index (κ3) is 4.51. The summed E-state index contributed by atoms with van der Waals surface area (Å²) in [6.07, 6.45) is 3.88. The van der Waals surface area contributed by atoms with Gasteiger partial charge in [0.25, 0.3) is 5.91 Å². The molecule has 3 aromatic rings. The fourth-order valence-electron chi connectivity index (χ4n) is 2.94. The number of rotatable bonds is 5. The Morgan fingerprint density at radius 2 is 1.93 bits per heavy atom. The van der Waals surface area contributed by atoms with Crippen molar-refractivity contribution >= 4 is 40.6 Å². The maximum atomic E-state index is 12.4. The molecule has 0 bridgehead atoms. The van der Waals surface area contributed by atoms with Crippen LogP contribution in [0.25, 0.3) is 10.6 Å². The molecule has 1 saturated heterocycles. The summed E-state index contributed by atoms with van der Waals surface area (Å²) in [5, 5.41) is 4.68. The summed E-state index contributed by atoms with van der Waals surface area (Å²) in [5.41, 5.74) is 2.76. The van der Waals surface area contributed by atoms with Crippen molar-refractivity contribution in [3.05, 3.63) is 64.3 Å². The van der Waals surface area contributed by atoms with E-state index >= 15 is 0 Å². The first-order valence-electron chi connectivity index (χ1n) is 8.77. The van der Waals surface area contributed by atoms with Gasteiger partial charge in [-0.3, -0.25) is 4.79 Å². The highest BCUT2D eigenvalue weighted by Gasteiger charge is 2.19. The second-order valence-electron chi connectivity index (χ2n) is 6.32. The van der Waals surface area contributed by atoms with Crippen LogP contribution in [0.15, 0.2) is 53.0 Å². The molecule has 1 aromatic carbocycles. The zero-order valence-electron chi connectivity index (χ0n) is 14.6. The molecular weight excluding hydrogens is 398 g/mol. The number of thiazole rings is 1. The van der Waals surface area contributed by atoms with E-state index in [0.717, 1.165) is 58.0 Å². The topological polar surface area (TPSA) is 46.1 Å². The number of hydrogen-bond acceptors (Lipinski definition) is 5. The summed E-state index contributed by atoms with van der Waals surface area (Å²) in [6, 6.07) is 11.5. The van der Waals surface area contributed by atoms with Gasteiger partial charge in [0.2, 0.25) is 0 Å². The van der Waals surface area contributed by atoms with Gasteiger partial charge in [0, 0.05) is 41.0 Å². The third-order valence-corrected chi connectivity index (χ3v) is 6.56. The largest absolute Gasteiger partial charge is 0.339 e. The molecule has 4 nitrogen and oxygen atoms in total. The Kier molecular flexibility index (Phi) is 5.76. The molecule has 1 amide bonds. The van der Waals surface area contributed by atoms with E-state index in [4.69, 9.17) is 11.6 Å². The molecule has 1 aliphatic heterocycles. The maximum Gasteiger partial charge on any atom is 0.255 e. The molecule has 0 radical (unpaired) electrons. The quantitative estimate of drug-likeness (QED) is 0.524. The lowest BCUT2D eigenvalue weighted by molar-refractivity contribution is 0.0792. The minimum Gasteiger partial charge on any atom is -0.339 e. The number of amides is 1. The summed E-state index contributed by atoms with van der Waals surface area (Å²) in [5.74, 6) is 0.833. The van der Waals surface area contributed by atoms with Gasteiger partial charge in [-0.2, -0.15) is 0 Å². The van der Waals surface area contributed by atoms with Crippen LogP contribution in [0.1, 0.15) is 28.9 Å². The van der Waals surface area contributed by atoms with E-state index in [2.05, 4.69) is 15.3 Å². The summed E-state index contributed by atoms with van der Waals surface area (Å²) in [7, 11) is 0. The summed E-state index contributed by atoms with van der Waals surface area (Å²) in [4.78, 5) is 23.4. The van der Waals surface area contributed by atoms with Crippen LogP contribution in [-0.2, 0) is 5.75 Å². The molecule has 1 aliphatic rings. The number of halogens is 1. The predicted molar refractivity (Wildman–Crippen MR) is 111 cm³/mol. The molecular formula is C20H18ClN3OS2. The van der Waals surface area contributed by atoms with Crippen LogP contribution in [0.2, 0.25) is 5.02 Å². The number of aromatic nitrogens is 2. The fraction of sp³-hybridized carbons (Fsp3) is 0.250. The van der Waals surface area contributed by atoms with Gasteiger partial charge in [-0.15, -0.1) is 23.1 Å². The number of benzene rings is 1. The molecule has 138 valence electrons. The Labute approximate surface area is 171 Å². The SMILES string of the molecule is O=C(c1ccc(SCc2csc(-c3ccc(Cl)cc3)n2)nc1)N1CCCC1. The van der Waals surface area contributed by atoms with Crippen molar-refractivity contribution in [3.63, 3.8) is 0 Å². The molecule has 3 heterocycles. The molecule has 4 rings (SSSR count). The molecule has 0 N–H and O–H groups in total. The van der Waals surface area contributed by atoms with Crippen molar-refractivity contribution in [2.45, 2.75) is 23.6 Å². The zero-order chi connectivity index (χ0) is 18.6. The number of carbonyl (C=O) groups is 1. The molecule has 0 spiro atoms. The van der Waals surface area contributed by atoms with E-state index in [0.29, 0.717) is 5.56 Å². The van der Waals surface area contributed by atoms with Gasteiger partial charge in [-0.25, -0.2) is 9.97 Å². The van der Waals surface area contributed by atoms with Crippen LogP contribution >= 0.6 is 34.7 Å². The first kappa shape index (κ1) is 18.5. The summed E-state index contributed by atoms with van der Waals surface area (Å²) >= 11 is 9.19. The van der Waals surface area contributed by atoms with Crippen LogP contribution in [0.3, 0.4) is 0 Å². The smallest absolute Gasteiger partial charge is 0.255 e. The second kappa shape index (κ2) is 8.42. The predicted octanol–water partition coefficient (Wildman–Crippen LogP) is 5.39. The van der Waals surface area contributed by atoms with E-state index in [1.807, 2.05) is 41.3 Å². The fourth-order valence-corrected chi connectivity index (χ4v) is 4.73. The second-order valence-corrected chi connectivity index (χ2v) is 8.61. The van der Waals surface area contributed by atoms with Crippen molar-refractivity contribution in [2.24, 2.45) is 0 Å². The van der Waals surface area contributed by atoms with Crippen molar-refractivity contribution in [1.29, 1.82) is 0 Å². The maximum absolute atomic E-state index is 12.4. The van der Waals surface area contributed by atoms with Crippen LogP contribution in [0, 0.1) is 0 Å². The lowest BCUT2D eigenvalue weighted by Gasteiger charge is -2.14. The monoisotopic (exact) mass is 415 g/mol. The molecule has 0 atom stereocenters.